The molecular formula is C34H35ClF8N6O5. The Kier molecular flexibility index (Phi) is 10.6. The van der Waals surface area contributed by atoms with Gasteiger partial charge in [0.25, 0.3) is 5.91 Å². The van der Waals surface area contributed by atoms with Gasteiger partial charge in [0, 0.05) is 25.2 Å². The van der Waals surface area contributed by atoms with E-state index < -0.39 is 82.2 Å². The maximum Gasteiger partial charge on any atom is 0.459 e. The molecule has 54 heavy (non-hydrogen) atoms. The molecule has 1 aliphatic heterocycles. The van der Waals surface area contributed by atoms with E-state index in [0.29, 0.717) is 5.01 Å². The number of halogens is 9. The highest BCUT2D eigenvalue weighted by atomic mass is 35.5. The lowest BCUT2D eigenvalue weighted by Gasteiger charge is -2.42. The van der Waals surface area contributed by atoms with Gasteiger partial charge in [-0.25, -0.2) is 5.01 Å². The van der Waals surface area contributed by atoms with Gasteiger partial charge in [0.15, 0.2) is 17.7 Å². The fourth-order valence-electron chi connectivity index (χ4n) is 6.61. The monoisotopic (exact) mass is 794 g/mol. The molecular weight excluding hydrogens is 760 g/mol. The number of carbonyl (C=O) groups excluding carboxylic acids is 2. The summed E-state index contributed by atoms with van der Waals surface area (Å²) in [6, 6.07) is 6.13. The fraction of sp³-hybridized carbons (Fsp3) is 0.559. The zero-order valence-corrected chi connectivity index (χ0v) is 30.0. The predicted octanol–water partition coefficient (Wildman–Crippen LogP) is 7.75. The number of nitrogens with one attached hydrogen (secondary N) is 1. The van der Waals surface area contributed by atoms with E-state index in [1.165, 1.54) is 25.2 Å². The van der Waals surface area contributed by atoms with Crippen molar-refractivity contribution in [1.82, 2.24) is 20.1 Å². The number of likely N-dealkylation sites (N-methyl/N-ethyl adjacent to an activating group) is 1. The van der Waals surface area contributed by atoms with Gasteiger partial charge in [-0.15, -0.1) is 0 Å². The Morgan fingerprint density at radius 3 is 2.15 bits per heavy atom. The summed E-state index contributed by atoms with van der Waals surface area (Å²) >= 11 is 6.52. The number of aromatic amines is 1. The number of hydrogen-bond acceptors (Lipinski definition) is 8. The first-order valence-corrected chi connectivity index (χ1v) is 17.0. The minimum Gasteiger partial charge on any atom is -0.481 e. The van der Waals surface area contributed by atoms with Crippen molar-refractivity contribution in [1.29, 1.82) is 5.26 Å². The van der Waals surface area contributed by atoms with Crippen molar-refractivity contribution in [3.05, 3.63) is 51.8 Å². The number of carbonyl (C=O) groups is 3. The van der Waals surface area contributed by atoms with Crippen molar-refractivity contribution in [3.63, 3.8) is 0 Å². The van der Waals surface area contributed by atoms with E-state index in [1.807, 2.05) is 0 Å². The van der Waals surface area contributed by atoms with E-state index in [4.69, 9.17) is 16.3 Å². The summed E-state index contributed by atoms with van der Waals surface area (Å²) in [4.78, 5) is 40.6. The molecule has 2 aromatic rings. The van der Waals surface area contributed by atoms with Gasteiger partial charge in [0.05, 0.1) is 28.5 Å². The number of amides is 1. The number of aliphatic carboxylic acids is 1. The maximum atomic E-state index is 14.5. The van der Waals surface area contributed by atoms with Crippen LogP contribution in [-0.4, -0.2) is 74.6 Å². The summed E-state index contributed by atoms with van der Waals surface area (Å²) in [7, 11) is 1.23. The van der Waals surface area contributed by atoms with Gasteiger partial charge in [-0.05, 0) is 61.8 Å². The van der Waals surface area contributed by atoms with Crippen LogP contribution in [0.1, 0.15) is 86.5 Å². The van der Waals surface area contributed by atoms with Gasteiger partial charge in [0.1, 0.15) is 11.1 Å². The van der Waals surface area contributed by atoms with E-state index >= 15 is 0 Å². The lowest BCUT2D eigenvalue weighted by atomic mass is 9.82. The number of H-pyrrole nitrogens is 1. The van der Waals surface area contributed by atoms with Crippen molar-refractivity contribution in [2.75, 3.05) is 18.6 Å². The average Bonchev–Trinajstić information content (AvgIpc) is 3.54. The molecule has 2 saturated carbocycles. The first-order chi connectivity index (χ1) is 24.8. The van der Waals surface area contributed by atoms with Crippen molar-refractivity contribution in [2.45, 2.75) is 89.3 Å². The van der Waals surface area contributed by atoms with E-state index in [-0.39, 0.29) is 66.8 Å². The van der Waals surface area contributed by atoms with Gasteiger partial charge >= 0.3 is 30.2 Å². The van der Waals surface area contributed by atoms with Crippen LogP contribution in [0, 0.1) is 28.6 Å². The van der Waals surface area contributed by atoms with Gasteiger partial charge in [-0.1, -0.05) is 38.4 Å². The number of carboxylic acid groups (broad SMARTS) is 1. The topological polar surface area (TPSA) is 143 Å². The minimum atomic E-state index is -6.38. The first kappa shape index (κ1) is 40.7. The summed E-state index contributed by atoms with van der Waals surface area (Å²) < 4.78 is 116. The number of ether oxygens (including phenoxy) is 1. The van der Waals surface area contributed by atoms with Crippen LogP contribution in [0.3, 0.4) is 0 Å². The molecule has 1 aromatic heterocycles. The molecule has 0 radical (unpaired) electrons. The molecule has 294 valence electrons. The molecule has 1 amide bonds. The third-order valence-electron chi connectivity index (χ3n) is 9.75. The number of alkyl halides is 8. The maximum absolute atomic E-state index is 14.5. The smallest absolute Gasteiger partial charge is 0.459 e. The van der Waals surface area contributed by atoms with Crippen LogP contribution in [0.4, 0.5) is 40.9 Å². The van der Waals surface area contributed by atoms with Crippen LogP contribution < -0.4 is 5.01 Å². The molecule has 2 aliphatic carbocycles. The molecule has 0 spiro atoms. The molecule has 0 saturated heterocycles. The third-order valence-corrected chi connectivity index (χ3v) is 10.1. The van der Waals surface area contributed by atoms with Crippen LogP contribution in [0.5, 0.6) is 0 Å². The van der Waals surface area contributed by atoms with Gasteiger partial charge in [-0.2, -0.15) is 45.5 Å². The molecule has 2 fully saturated rings. The second-order valence-corrected chi connectivity index (χ2v) is 15.1. The summed E-state index contributed by atoms with van der Waals surface area (Å²) in [5.41, 5.74) is -7.08. The number of nitriles is 1. The van der Waals surface area contributed by atoms with Crippen LogP contribution in [-0.2, 0) is 26.4 Å². The molecule has 20 heteroatoms. The second-order valence-electron chi connectivity index (χ2n) is 14.7. The summed E-state index contributed by atoms with van der Waals surface area (Å²) in [6.45, 7) is 4.83. The zero-order chi connectivity index (χ0) is 40.3. The zero-order valence-electron chi connectivity index (χ0n) is 29.2. The number of nitrogens with zero attached hydrogens (tertiary/aromatic N) is 5. The first-order valence-electron chi connectivity index (χ1n) is 16.6. The van der Waals surface area contributed by atoms with Gasteiger partial charge < -0.3 is 9.84 Å². The molecule has 11 nitrogen and oxygen atoms in total. The summed E-state index contributed by atoms with van der Waals surface area (Å²) in [5.74, 6) is -10.9. The molecule has 0 bridgehead atoms. The Labute approximate surface area is 308 Å². The largest absolute Gasteiger partial charge is 0.481 e. The Balaban J connectivity index is 1.50. The number of carboxylic acids is 1. The Morgan fingerprint density at radius 2 is 1.65 bits per heavy atom. The average molecular weight is 795 g/mol. The normalized spacial score (nSPS) is 21.3. The predicted molar refractivity (Wildman–Crippen MR) is 174 cm³/mol. The highest BCUT2D eigenvalue weighted by Crippen LogP contribution is 2.51. The van der Waals surface area contributed by atoms with Crippen molar-refractivity contribution in [3.8, 4) is 6.07 Å². The lowest BCUT2D eigenvalue weighted by molar-refractivity contribution is -0.292. The molecule has 1 aromatic carbocycles. The molecule has 2 N–H and O–H groups in total. The quantitative estimate of drug-likeness (QED) is 0.148. The SMILES string of the molecule is CN1CC(c2ccc(Cl)c(C(=O)N(C(OC(=O)[C@H]3CC[C@H](C(=O)O)CC3)C(C)(C)C)C3(C#N)CC3)c2)=CN1c1[nH]nc(C(F)(F)C(F)(F)F)c1C(F)(F)F. The molecule has 3 aliphatic rings. The van der Waals surface area contributed by atoms with Crippen LogP contribution in [0.25, 0.3) is 5.57 Å². The number of aromatic nitrogens is 2. The number of benzene rings is 1. The number of hydrogen-bond donors (Lipinski definition) is 2. The number of rotatable bonds is 9. The van der Waals surface area contributed by atoms with Crippen LogP contribution >= 0.6 is 11.6 Å². The Morgan fingerprint density at radius 1 is 1.06 bits per heavy atom. The molecule has 2 heterocycles. The Bertz CT molecular complexity index is 1890. The lowest BCUT2D eigenvalue weighted by Crippen LogP contribution is -2.56. The van der Waals surface area contributed by atoms with Gasteiger partial charge in [0.2, 0.25) is 0 Å². The van der Waals surface area contributed by atoms with Crippen molar-refractivity contribution >= 4 is 40.8 Å². The van der Waals surface area contributed by atoms with Crippen LogP contribution in [0.15, 0.2) is 24.4 Å². The van der Waals surface area contributed by atoms with E-state index in [9.17, 15) is 59.9 Å². The van der Waals surface area contributed by atoms with E-state index in [1.54, 1.807) is 25.9 Å². The minimum absolute atomic E-state index is 0.107. The Hall–Kier alpha value is -4.44. The van der Waals surface area contributed by atoms with E-state index in [0.717, 1.165) is 16.1 Å². The highest BCUT2D eigenvalue weighted by Gasteiger charge is 2.64. The van der Waals surface area contributed by atoms with Crippen LogP contribution in [0.2, 0.25) is 5.02 Å². The van der Waals surface area contributed by atoms with Crippen molar-refractivity contribution < 1.29 is 59.4 Å². The highest BCUT2D eigenvalue weighted by molar-refractivity contribution is 6.34. The fourth-order valence-corrected chi connectivity index (χ4v) is 6.81. The molecule has 1 atom stereocenters. The number of esters is 1. The molecule has 5 rings (SSSR count). The second kappa shape index (κ2) is 14.0. The van der Waals surface area contributed by atoms with Crippen molar-refractivity contribution in [2.24, 2.45) is 17.3 Å². The molecule has 1 unspecified atom stereocenters. The number of hydrazine groups is 1. The standard InChI is InChI=1S/C34H35ClF8N6O5/c1-30(2,3)29(54-28(53)18-7-5-17(6-8-18)27(51)52)49(31(16-44)11-12-31)26(50)21-13-19(9-10-22(21)35)20-14-47(4)48(15-20)25-23(33(38,39)40)24(45-46-25)32(36,37)34(41,42)43/h9-10,13,15,17-18,29H,5-8,11-12,14H2,1-4H3,(H,45,46)(H,51,52)/t17-,18-,29?. The van der Waals surface area contributed by atoms with Gasteiger partial charge in [-0.3, -0.25) is 29.4 Å². The number of anilines is 1. The van der Waals surface area contributed by atoms with E-state index in [2.05, 4.69) is 11.2 Å². The third kappa shape index (κ3) is 7.59. The summed E-state index contributed by atoms with van der Waals surface area (Å²) in [6.07, 6.45) is -10.9. The summed E-state index contributed by atoms with van der Waals surface area (Å²) in [5, 5.41) is 25.6.